The summed E-state index contributed by atoms with van der Waals surface area (Å²) in [5.41, 5.74) is 8.08. The molecule has 5 heteroatoms. The molecule has 0 spiro atoms. The molecule has 3 aromatic rings. The number of halogens is 1. The van der Waals surface area contributed by atoms with Crippen LogP contribution in [0.1, 0.15) is 34.1 Å². The summed E-state index contributed by atoms with van der Waals surface area (Å²) in [6.07, 6.45) is 7.63. The number of aromatic amines is 1. The summed E-state index contributed by atoms with van der Waals surface area (Å²) < 4.78 is 0. The lowest BCUT2D eigenvalue weighted by Crippen LogP contribution is -2.49. The molecule has 35 heavy (non-hydrogen) atoms. The molecule has 180 valence electrons. The predicted octanol–water partition coefficient (Wildman–Crippen LogP) is 7.06. The molecule has 0 unspecified atom stereocenters. The molecule has 0 bridgehead atoms. The molecule has 1 amide bonds. The number of nitrogens with zero attached hydrogens (tertiary/aromatic N) is 2. The number of carbonyl (C=O) groups excluding carboxylic acids is 1. The topological polar surface area (TPSA) is 39.3 Å². The van der Waals surface area contributed by atoms with Crippen molar-refractivity contribution in [2.24, 2.45) is 0 Å². The highest BCUT2D eigenvalue weighted by Crippen LogP contribution is 2.30. The Bertz CT molecular complexity index is 1260. The van der Waals surface area contributed by atoms with Crippen LogP contribution in [0.4, 0.5) is 5.69 Å². The van der Waals surface area contributed by atoms with Gasteiger partial charge < -0.3 is 14.8 Å². The van der Waals surface area contributed by atoms with Crippen LogP contribution in [0.15, 0.2) is 79.4 Å². The number of amides is 1. The van der Waals surface area contributed by atoms with Crippen LogP contribution in [0.5, 0.6) is 0 Å². The van der Waals surface area contributed by atoms with Crippen molar-refractivity contribution >= 4 is 28.8 Å². The van der Waals surface area contributed by atoms with E-state index < -0.39 is 0 Å². The van der Waals surface area contributed by atoms with Gasteiger partial charge in [0.05, 0.1) is 11.3 Å². The molecule has 4 rings (SSSR count). The number of para-hydroxylation sites is 1. The normalized spacial score (nSPS) is 14.6. The maximum absolute atomic E-state index is 13.8. The lowest BCUT2D eigenvalue weighted by Gasteiger charge is -2.37. The van der Waals surface area contributed by atoms with Crippen molar-refractivity contribution in [3.8, 4) is 11.3 Å². The van der Waals surface area contributed by atoms with E-state index in [9.17, 15) is 4.79 Å². The molecule has 4 nitrogen and oxygen atoms in total. The molecule has 2 aromatic carbocycles. The smallest absolute Gasteiger partial charge is 0.256 e. The first kappa shape index (κ1) is 24.6. The number of H-pyrrole nitrogens is 1. The van der Waals surface area contributed by atoms with E-state index in [1.807, 2.05) is 60.4 Å². The molecule has 1 saturated heterocycles. The van der Waals surface area contributed by atoms with Gasteiger partial charge in [-0.15, -0.1) is 0 Å². The first-order valence-electron chi connectivity index (χ1n) is 12.0. The average Bonchev–Trinajstić information content (AvgIpc) is 3.29. The summed E-state index contributed by atoms with van der Waals surface area (Å²) in [5.74, 6) is 0.0390. The summed E-state index contributed by atoms with van der Waals surface area (Å²) in [6, 6.07) is 16.0. The minimum atomic E-state index is 0.0390. The average molecular weight is 486 g/mol. The molecule has 1 aromatic heterocycles. The molecular weight excluding hydrogens is 454 g/mol. The summed E-state index contributed by atoms with van der Waals surface area (Å²) in [4.78, 5) is 21.6. The fraction of sp³-hybridized carbons (Fsp3) is 0.233. The number of aryl methyl sites for hydroxylation is 2. The van der Waals surface area contributed by atoms with Crippen LogP contribution in [-0.4, -0.2) is 42.0 Å². The number of nitrogens with one attached hydrogen (secondary N) is 1. The number of rotatable bonds is 6. The van der Waals surface area contributed by atoms with Gasteiger partial charge in [-0.3, -0.25) is 4.79 Å². The van der Waals surface area contributed by atoms with Gasteiger partial charge in [-0.05, 0) is 61.2 Å². The second-order valence-corrected chi connectivity index (χ2v) is 9.29. The molecule has 2 heterocycles. The quantitative estimate of drug-likeness (QED) is 0.379. The standard InChI is InChI=1S/C30H32ClN3O/c1-5-8-24(9-6-2)28-26(20-27(32-28)23-12-14-25(31)15-13-23)30(35)34-18-16-33(17-19-34)29-21(3)10-7-11-22(29)4/h5-15,20,32H,1,16-19H2,2-4H3/b9-6-,24-8+. The highest BCUT2D eigenvalue weighted by Gasteiger charge is 2.27. The minimum absolute atomic E-state index is 0.0390. The van der Waals surface area contributed by atoms with Crippen LogP contribution in [0, 0.1) is 13.8 Å². The minimum Gasteiger partial charge on any atom is -0.368 e. The van der Waals surface area contributed by atoms with E-state index in [2.05, 4.69) is 48.5 Å². The summed E-state index contributed by atoms with van der Waals surface area (Å²) in [6.45, 7) is 13.1. The maximum Gasteiger partial charge on any atom is 0.256 e. The fourth-order valence-corrected chi connectivity index (χ4v) is 4.90. The van der Waals surface area contributed by atoms with Gasteiger partial charge in [0.1, 0.15) is 0 Å². The number of hydrogen-bond acceptors (Lipinski definition) is 2. The zero-order valence-electron chi connectivity index (χ0n) is 20.6. The molecule has 1 aliphatic rings. The van der Waals surface area contributed by atoms with Crippen LogP contribution in [-0.2, 0) is 0 Å². The third kappa shape index (κ3) is 5.28. The Morgan fingerprint density at radius 2 is 1.69 bits per heavy atom. The molecule has 0 saturated carbocycles. The van der Waals surface area contributed by atoms with Gasteiger partial charge >= 0.3 is 0 Å². The monoisotopic (exact) mass is 485 g/mol. The lowest BCUT2D eigenvalue weighted by molar-refractivity contribution is 0.0746. The second-order valence-electron chi connectivity index (χ2n) is 8.86. The number of anilines is 1. The second kappa shape index (κ2) is 10.8. The zero-order chi connectivity index (χ0) is 24.9. The molecule has 1 aliphatic heterocycles. The predicted molar refractivity (Wildman–Crippen MR) is 148 cm³/mol. The van der Waals surface area contributed by atoms with E-state index in [0.717, 1.165) is 35.6 Å². The maximum atomic E-state index is 13.8. The lowest BCUT2D eigenvalue weighted by atomic mass is 10.0. The number of benzene rings is 2. The summed E-state index contributed by atoms with van der Waals surface area (Å²) in [7, 11) is 0. The van der Waals surface area contributed by atoms with Gasteiger partial charge in [-0.1, -0.05) is 72.8 Å². The molecule has 1 fully saturated rings. The van der Waals surface area contributed by atoms with Crippen LogP contribution >= 0.6 is 11.6 Å². The Kier molecular flexibility index (Phi) is 7.62. The van der Waals surface area contributed by atoms with E-state index in [-0.39, 0.29) is 5.91 Å². The Morgan fingerprint density at radius 1 is 1.03 bits per heavy atom. The first-order chi connectivity index (χ1) is 16.9. The Labute approximate surface area is 213 Å². The largest absolute Gasteiger partial charge is 0.368 e. The number of allylic oxidation sites excluding steroid dienone is 5. The Morgan fingerprint density at radius 3 is 2.29 bits per heavy atom. The van der Waals surface area contributed by atoms with Crippen molar-refractivity contribution in [2.75, 3.05) is 31.1 Å². The van der Waals surface area contributed by atoms with E-state index in [1.165, 1.54) is 16.8 Å². The van der Waals surface area contributed by atoms with Crippen molar-refractivity contribution in [3.05, 3.63) is 107 Å². The molecule has 0 radical (unpaired) electrons. The van der Waals surface area contributed by atoms with Gasteiger partial charge in [0.2, 0.25) is 0 Å². The third-order valence-corrected chi connectivity index (χ3v) is 6.71. The molecule has 0 aliphatic carbocycles. The van der Waals surface area contributed by atoms with E-state index in [4.69, 9.17) is 11.6 Å². The third-order valence-electron chi connectivity index (χ3n) is 6.46. The van der Waals surface area contributed by atoms with Crippen molar-refractivity contribution in [1.82, 2.24) is 9.88 Å². The number of hydrogen-bond donors (Lipinski definition) is 1. The Hall–Kier alpha value is -3.50. The van der Waals surface area contributed by atoms with Gasteiger partial charge in [0.15, 0.2) is 0 Å². The van der Waals surface area contributed by atoms with Crippen molar-refractivity contribution in [3.63, 3.8) is 0 Å². The first-order valence-corrected chi connectivity index (χ1v) is 12.4. The van der Waals surface area contributed by atoms with E-state index >= 15 is 0 Å². The van der Waals surface area contributed by atoms with Gasteiger partial charge in [0.25, 0.3) is 5.91 Å². The van der Waals surface area contributed by atoms with Crippen molar-refractivity contribution in [2.45, 2.75) is 20.8 Å². The van der Waals surface area contributed by atoms with Crippen molar-refractivity contribution in [1.29, 1.82) is 0 Å². The van der Waals surface area contributed by atoms with Crippen LogP contribution in [0.2, 0.25) is 5.02 Å². The number of aromatic nitrogens is 1. The van der Waals surface area contributed by atoms with Crippen molar-refractivity contribution < 1.29 is 4.79 Å². The van der Waals surface area contributed by atoms with E-state index in [1.54, 1.807) is 6.08 Å². The molecule has 1 N–H and O–H groups in total. The van der Waals surface area contributed by atoms with E-state index in [0.29, 0.717) is 23.7 Å². The number of piperazine rings is 1. The van der Waals surface area contributed by atoms with Gasteiger partial charge in [0, 0.05) is 42.6 Å². The van der Waals surface area contributed by atoms with Gasteiger partial charge in [-0.25, -0.2) is 0 Å². The number of carbonyl (C=O) groups is 1. The van der Waals surface area contributed by atoms with Gasteiger partial charge in [-0.2, -0.15) is 0 Å². The summed E-state index contributed by atoms with van der Waals surface area (Å²) >= 11 is 6.09. The highest BCUT2D eigenvalue weighted by atomic mass is 35.5. The SMILES string of the molecule is C=C/C=C(\C=C/C)c1[nH]c(-c2ccc(Cl)cc2)cc1C(=O)N1CCN(c2c(C)cccc2C)CC1. The summed E-state index contributed by atoms with van der Waals surface area (Å²) in [5, 5.41) is 0.680. The fourth-order valence-electron chi connectivity index (χ4n) is 4.77. The molecule has 0 atom stereocenters. The highest BCUT2D eigenvalue weighted by molar-refractivity contribution is 6.30. The van der Waals surface area contributed by atoms with Crippen LogP contribution in [0.3, 0.4) is 0 Å². The van der Waals surface area contributed by atoms with Crippen LogP contribution in [0.25, 0.3) is 16.8 Å². The molecular formula is C30H32ClN3O. The Balaban J connectivity index is 1.64. The van der Waals surface area contributed by atoms with Crippen LogP contribution < -0.4 is 4.90 Å². The zero-order valence-corrected chi connectivity index (χ0v) is 21.4.